The number of carbonyl (C=O) groups excluding carboxylic acids is 1. The Morgan fingerprint density at radius 3 is 2.73 bits per heavy atom. The molecular formula is C15H16N6O3S2. The van der Waals surface area contributed by atoms with Crippen LogP contribution in [0.3, 0.4) is 0 Å². The predicted octanol–water partition coefficient (Wildman–Crippen LogP) is 0.876. The fourth-order valence-electron chi connectivity index (χ4n) is 2.33. The van der Waals surface area contributed by atoms with Crippen molar-refractivity contribution in [2.45, 2.75) is 17.3 Å². The van der Waals surface area contributed by atoms with E-state index in [9.17, 15) is 14.4 Å². The van der Waals surface area contributed by atoms with Gasteiger partial charge in [0.2, 0.25) is 5.16 Å². The summed E-state index contributed by atoms with van der Waals surface area (Å²) in [6.07, 6.45) is 0. The van der Waals surface area contributed by atoms with Crippen LogP contribution in [0.15, 0.2) is 32.3 Å². The van der Waals surface area contributed by atoms with E-state index in [1.807, 2.05) is 17.5 Å². The molecular weight excluding hydrogens is 376 g/mol. The number of nitrogens with one attached hydrogen (secondary N) is 1. The molecule has 0 aromatic carbocycles. The number of thiophene rings is 1. The van der Waals surface area contributed by atoms with Crippen LogP contribution >= 0.6 is 23.1 Å². The van der Waals surface area contributed by atoms with Crippen molar-refractivity contribution < 1.29 is 4.79 Å². The van der Waals surface area contributed by atoms with E-state index >= 15 is 0 Å². The Morgan fingerprint density at radius 1 is 1.35 bits per heavy atom. The number of carbonyl (C=O) groups is 1. The number of nitrogen functional groups attached to an aromatic ring is 1. The number of thioether (sulfide) groups is 1. The lowest BCUT2D eigenvalue weighted by Gasteiger charge is -2.13. The van der Waals surface area contributed by atoms with Crippen molar-refractivity contribution in [2.75, 3.05) is 5.73 Å². The molecule has 0 saturated heterocycles. The van der Waals surface area contributed by atoms with Crippen LogP contribution in [0.1, 0.15) is 17.3 Å². The molecule has 0 saturated carbocycles. The van der Waals surface area contributed by atoms with Crippen LogP contribution in [0.4, 0.5) is 5.82 Å². The van der Waals surface area contributed by atoms with Crippen LogP contribution in [-0.2, 0) is 14.1 Å². The maximum atomic E-state index is 12.7. The minimum Gasteiger partial charge on any atom is -0.384 e. The van der Waals surface area contributed by atoms with E-state index in [1.165, 1.54) is 25.4 Å². The largest absolute Gasteiger partial charge is 0.384 e. The molecule has 0 radical (unpaired) electrons. The zero-order valence-corrected chi connectivity index (χ0v) is 15.8. The average Bonchev–Trinajstić information content (AvgIpc) is 3.29. The van der Waals surface area contributed by atoms with Crippen molar-refractivity contribution in [3.63, 3.8) is 0 Å². The summed E-state index contributed by atoms with van der Waals surface area (Å²) < 4.78 is 1.94. The number of ketones is 1. The van der Waals surface area contributed by atoms with Crippen molar-refractivity contribution >= 4 is 34.7 Å². The molecule has 1 atom stereocenters. The highest BCUT2D eigenvalue weighted by Gasteiger charge is 2.26. The van der Waals surface area contributed by atoms with E-state index in [1.54, 1.807) is 6.92 Å². The second kappa shape index (κ2) is 6.92. The second-order valence-electron chi connectivity index (χ2n) is 5.53. The molecule has 0 fully saturated rings. The van der Waals surface area contributed by atoms with E-state index in [0.29, 0.717) is 11.0 Å². The van der Waals surface area contributed by atoms with Gasteiger partial charge in [-0.1, -0.05) is 17.8 Å². The average molecular weight is 392 g/mol. The summed E-state index contributed by atoms with van der Waals surface area (Å²) >= 11 is 2.63. The van der Waals surface area contributed by atoms with E-state index in [4.69, 9.17) is 5.73 Å². The van der Waals surface area contributed by atoms with E-state index in [2.05, 4.69) is 15.2 Å². The summed E-state index contributed by atoms with van der Waals surface area (Å²) in [4.78, 5) is 42.2. The number of nitrogens with two attached hydrogens (primary N) is 1. The molecule has 3 aromatic rings. The molecule has 11 heteroatoms. The first-order valence-corrected chi connectivity index (χ1v) is 9.29. The number of anilines is 1. The molecule has 0 amide bonds. The number of rotatable bonds is 5. The molecule has 0 aliphatic carbocycles. The molecule has 9 nitrogen and oxygen atoms in total. The molecule has 0 unspecified atom stereocenters. The Labute approximate surface area is 155 Å². The standard InChI is InChI=1S/C15H16N6O3S2/c1-7(26-14-17-12(18-19-14)8-5-4-6-25-8)10(22)9-11(16)20(2)15(24)21(3)13(9)23/h4-7H,16H2,1-3H3,(H,17,18,19)/t7-/m0/s1. The third-order valence-electron chi connectivity index (χ3n) is 3.83. The van der Waals surface area contributed by atoms with Gasteiger partial charge in [0, 0.05) is 14.1 Å². The van der Waals surface area contributed by atoms with Gasteiger partial charge in [0.05, 0.1) is 10.1 Å². The fourth-order valence-corrected chi connectivity index (χ4v) is 3.78. The van der Waals surface area contributed by atoms with Gasteiger partial charge < -0.3 is 5.73 Å². The van der Waals surface area contributed by atoms with Gasteiger partial charge in [-0.3, -0.25) is 23.8 Å². The number of H-pyrrole nitrogens is 1. The number of aromatic nitrogens is 5. The van der Waals surface area contributed by atoms with Crippen LogP contribution in [-0.4, -0.2) is 35.3 Å². The topological polar surface area (TPSA) is 129 Å². The molecule has 0 spiro atoms. The van der Waals surface area contributed by atoms with Gasteiger partial charge in [-0.25, -0.2) is 9.78 Å². The van der Waals surface area contributed by atoms with Crippen molar-refractivity contribution in [1.82, 2.24) is 24.3 Å². The van der Waals surface area contributed by atoms with Crippen LogP contribution < -0.4 is 17.0 Å². The summed E-state index contributed by atoms with van der Waals surface area (Å²) in [6, 6.07) is 3.81. The van der Waals surface area contributed by atoms with Gasteiger partial charge in [0.1, 0.15) is 11.4 Å². The van der Waals surface area contributed by atoms with Crippen LogP contribution in [0.5, 0.6) is 0 Å². The Bertz CT molecular complexity index is 1080. The van der Waals surface area contributed by atoms with E-state index in [0.717, 1.165) is 25.8 Å². The van der Waals surface area contributed by atoms with Gasteiger partial charge >= 0.3 is 5.69 Å². The van der Waals surface area contributed by atoms with Crippen molar-refractivity contribution in [2.24, 2.45) is 14.1 Å². The summed E-state index contributed by atoms with van der Waals surface area (Å²) in [6.45, 7) is 1.64. The quantitative estimate of drug-likeness (QED) is 0.487. The number of hydrogen-bond donors (Lipinski definition) is 2. The summed E-state index contributed by atoms with van der Waals surface area (Å²) in [5, 5.41) is 8.57. The highest BCUT2D eigenvalue weighted by atomic mass is 32.2. The summed E-state index contributed by atoms with van der Waals surface area (Å²) in [5.41, 5.74) is 4.34. The normalized spacial score (nSPS) is 12.3. The lowest BCUT2D eigenvalue weighted by Crippen LogP contribution is -2.42. The van der Waals surface area contributed by atoms with Gasteiger partial charge in [0.15, 0.2) is 11.6 Å². The zero-order chi connectivity index (χ0) is 19.0. The van der Waals surface area contributed by atoms with Gasteiger partial charge in [-0.15, -0.1) is 16.4 Å². The first kappa shape index (κ1) is 18.1. The molecule has 3 N–H and O–H groups in total. The van der Waals surface area contributed by atoms with Crippen LogP contribution in [0.2, 0.25) is 0 Å². The first-order valence-electron chi connectivity index (χ1n) is 7.54. The molecule has 26 heavy (non-hydrogen) atoms. The Morgan fingerprint density at radius 2 is 2.08 bits per heavy atom. The number of aromatic amines is 1. The Hall–Kier alpha value is -2.66. The number of nitrogens with zero attached hydrogens (tertiary/aromatic N) is 4. The molecule has 3 rings (SSSR count). The smallest absolute Gasteiger partial charge is 0.332 e. The summed E-state index contributed by atoms with van der Waals surface area (Å²) in [7, 11) is 2.72. The van der Waals surface area contributed by atoms with Crippen molar-refractivity contribution in [3.05, 3.63) is 43.9 Å². The van der Waals surface area contributed by atoms with Crippen LogP contribution in [0.25, 0.3) is 10.7 Å². The Balaban J connectivity index is 1.88. The second-order valence-corrected chi connectivity index (χ2v) is 7.79. The number of hydrogen-bond acceptors (Lipinski definition) is 8. The number of Topliss-reactive ketones (excluding diaryl/α,β-unsaturated/α-hetero) is 1. The molecule has 3 aromatic heterocycles. The molecule has 0 bridgehead atoms. The lowest BCUT2D eigenvalue weighted by molar-refractivity contribution is 0.0992. The lowest BCUT2D eigenvalue weighted by atomic mass is 10.1. The third-order valence-corrected chi connectivity index (χ3v) is 5.66. The van der Waals surface area contributed by atoms with Crippen LogP contribution in [0, 0.1) is 0 Å². The highest BCUT2D eigenvalue weighted by Crippen LogP contribution is 2.26. The monoisotopic (exact) mass is 392 g/mol. The molecule has 3 heterocycles. The van der Waals surface area contributed by atoms with E-state index in [-0.39, 0.29) is 11.4 Å². The maximum Gasteiger partial charge on any atom is 0.332 e. The van der Waals surface area contributed by atoms with Gasteiger partial charge in [-0.05, 0) is 18.4 Å². The first-order chi connectivity index (χ1) is 12.3. The summed E-state index contributed by atoms with van der Waals surface area (Å²) in [5.74, 6) is -0.0179. The van der Waals surface area contributed by atoms with Gasteiger partial charge in [-0.2, -0.15) is 0 Å². The Kier molecular flexibility index (Phi) is 4.83. The molecule has 136 valence electrons. The zero-order valence-electron chi connectivity index (χ0n) is 14.2. The molecule has 0 aliphatic heterocycles. The minimum absolute atomic E-state index is 0.148. The van der Waals surface area contributed by atoms with Crippen molar-refractivity contribution in [1.29, 1.82) is 0 Å². The maximum absolute atomic E-state index is 12.7. The minimum atomic E-state index is -0.711. The molecule has 0 aliphatic rings. The fraction of sp³-hybridized carbons (Fsp3) is 0.267. The third kappa shape index (κ3) is 3.10. The highest BCUT2D eigenvalue weighted by molar-refractivity contribution is 8.00. The SMILES string of the molecule is C[C@H](Sc1n[nH]c(-c2cccs2)n1)C(=O)c1c(N)n(C)c(=O)n(C)c1=O. The van der Waals surface area contributed by atoms with Gasteiger partial charge in [0.25, 0.3) is 5.56 Å². The van der Waals surface area contributed by atoms with Crippen molar-refractivity contribution in [3.8, 4) is 10.7 Å². The van der Waals surface area contributed by atoms with E-state index < -0.39 is 22.3 Å². The predicted molar refractivity (Wildman–Crippen MR) is 101 cm³/mol.